The lowest BCUT2D eigenvalue weighted by Gasteiger charge is -2.08. The molecule has 4 rings (SSSR count). The van der Waals surface area contributed by atoms with E-state index in [4.69, 9.17) is 9.47 Å². The van der Waals surface area contributed by atoms with E-state index in [0.717, 1.165) is 46.9 Å². The number of hydrogen-bond donors (Lipinski definition) is 2. The van der Waals surface area contributed by atoms with Crippen molar-refractivity contribution >= 4 is 16.6 Å². The quantitative estimate of drug-likeness (QED) is 0.758. The van der Waals surface area contributed by atoms with Gasteiger partial charge in [0.15, 0.2) is 11.5 Å². The minimum absolute atomic E-state index is 0.271. The van der Waals surface area contributed by atoms with Crippen molar-refractivity contribution in [2.45, 2.75) is 6.42 Å². The highest BCUT2D eigenvalue weighted by Crippen LogP contribution is 2.37. The third-order valence-electron chi connectivity index (χ3n) is 3.38. The van der Waals surface area contributed by atoms with Gasteiger partial charge in [-0.15, -0.1) is 0 Å². The molecule has 0 atom stereocenters. The number of rotatable bonds is 4. The van der Waals surface area contributed by atoms with Crippen LogP contribution in [0.25, 0.3) is 10.8 Å². The lowest BCUT2D eigenvalue weighted by Crippen LogP contribution is -2.07. The largest absolute Gasteiger partial charge is 0.454 e. The molecule has 1 aliphatic heterocycles. The maximum absolute atomic E-state index is 5.42. The molecule has 0 fully saturated rings. The topological polar surface area (TPSA) is 85.0 Å². The minimum atomic E-state index is 0.271. The molecule has 0 bridgehead atoms. The fourth-order valence-corrected chi connectivity index (χ4v) is 2.35. The highest BCUT2D eigenvalue weighted by atomic mass is 16.7. The van der Waals surface area contributed by atoms with Gasteiger partial charge in [-0.25, -0.2) is 9.97 Å². The standard InChI is InChI=1S/C14H13N5O2/c1-3-15-14(16-4-2-13-17-7-18-19-13)10-6-12-11(5-9(1)10)20-8-21-12/h1,3,5-7H,2,4,8H2,(H,15,16)(H,17,18,19). The number of benzene rings is 1. The second-order valence-corrected chi connectivity index (χ2v) is 4.70. The van der Waals surface area contributed by atoms with Crippen LogP contribution in [0.1, 0.15) is 5.82 Å². The van der Waals surface area contributed by atoms with Crippen molar-refractivity contribution in [3.05, 3.63) is 36.5 Å². The molecule has 21 heavy (non-hydrogen) atoms. The zero-order valence-corrected chi connectivity index (χ0v) is 11.2. The smallest absolute Gasteiger partial charge is 0.231 e. The highest BCUT2D eigenvalue weighted by Gasteiger charge is 2.15. The molecular weight excluding hydrogens is 270 g/mol. The van der Waals surface area contributed by atoms with Gasteiger partial charge in [0.25, 0.3) is 0 Å². The SMILES string of the molecule is c1n[nH]c(CCNc2nccc3cc4c(cc23)OCO4)n1. The summed E-state index contributed by atoms with van der Waals surface area (Å²) in [5.41, 5.74) is 0. The van der Waals surface area contributed by atoms with Crippen LogP contribution < -0.4 is 14.8 Å². The molecule has 7 heteroatoms. The lowest BCUT2D eigenvalue weighted by molar-refractivity contribution is 0.174. The maximum atomic E-state index is 5.42. The van der Waals surface area contributed by atoms with Crippen molar-refractivity contribution in [2.75, 3.05) is 18.7 Å². The fourth-order valence-electron chi connectivity index (χ4n) is 2.35. The Hall–Kier alpha value is -2.83. The van der Waals surface area contributed by atoms with Gasteiger partial charge in [0.05, 0.1) is 0 Å². The van der Waals surface area contributed by atoms with Crippen molar-refractivity contribution in [1.29, 1.82) is 0 Å². The molecule has 7 nitrogen and oxygen atoms in total. The predicted molar refractivity (Wildman–Crippen MR) is 76.4 cm³/mol. The predicted octanol–water partition coefficient (Wildman–Crippen LogP) is 1.74. The molecule has 0 unspecified atom stereocenters. The van der Waals surface area contributed by atoms with Crippen LogP contribution in [0.4, 0.5) is 5.82 Å². The van der Waals surface area contributed by atoms with Crippen LogP contribution in [0.15, 0.2) is 30.7 Å². The van der Waals surface area contributed by atoms with Crippen LogP contribution >= 0.6 is 0 Å². The molecule has 1 aromatic carbocycles. The van der Waals surface area contributed by atoms with Crippen LogP contribution in [0, 0.1) is 0 Å². The van der Waals surface area contributed by atoms with E-state index in [2.05, 4.69) is 25.5 Å². The second kappa shape index (κ2) is 4.93. The van der Waals surface area contributed by atoms with Crippen LogP contribution in [0.5, 0.6) is 11.5 Å². The van der Waals surface area contributed by atoms with Gasteiger partial charge in [0.1, 0.15) is 18.0 Å². The Morgan fingerprint density at radius 1 is 1.19 bits per heavy atom. The number of hydrogen-bond acceptors (Lipinski definition) is 6. The molecule has 0 amide bonds. The number of H-pyrrole nitrogens is 1. The summed E-state index contributed by atoms with van der Waals surface area (Å²) in [6.07, 6.45) is 4.04. The van der Waals surface area contributed by atoms with E-state index in [0.29, 0.717) is 0 Å². The maximum Gasteiger partial charge on any atom is 0.231 e. The summed E-state index contributed by atoms with van der Waals surface area (Å²) in [5.74, 6) is 3.21. The highest BCUT2D eigenvalue weighted by molar-refractivity contribution is 5.94. The summed E-state index contributed by atoms with van der Waals surface area (Å²) in [5, 5.41) is 12.1. The molecule has 0 saturated carbocycles. The fraction of sp³-hybridized carbons (Fsp3) is 0.214. The van der Waals surface area contributed by atoms with E-state index in [1.165, 1.54) is 6.33 Å². The summed E-state index contributed by atoms with van der Waals surface area (Å²) in [4.78, 5) is 8.49. The number of pyridine rings is 1. The second-order valence-electron chi connectivity index (χ2n) is 4.70. The molecule has 2 N–H and O–H groups in total. The Labute approximate surface area is 120 Å². The Bertz CT molecular complexity index is 772. The lowest BCUT2D eigenvalue weighted by atomic mass is 10.1. The van der Waals surface area contributed by atoms with Gasteiger partial charge in [0, 0.05) is 24.5 Å². The van der Waals surface area contributed by atoms with E-state index >= 15 is 0 Å². The van der Waals surface area contributed by atoms with Crippen molar-refractivity contribution in [1.82, 2.24) is 20.2 Å². The number of nitrogens with zero attached hydrogens (tertiary/aromatic N) is 3. The molecule has 3 aromatic rings. The summed E-state index contributed by atoms with van der Waals surface area (Å²) < 4.78 is 10.8. The summed E-state index contributed by atoms with van der Waals surface area (Å²) in [7, 11) is 0. The van der Waals surface area contributed by atoms with Gasteiger partial charge in [-0.3, -0.25) is 5.10 Å². The number of nitrogens with one attached hydrogen (secondary N) is 2. The first kappa shape index (κ1) is 12.0. The molecule has 0 saturated heterocycles. The minimum Gasteiger partial charge on any atom is -0.454 e. The van der Waals surface area contributed by atoms with Crippen LogP contribution in [0.3, 0.4) is 0 Å². The van der Waals surface area contributed by atoms with Gasteiger partial charge in [-0.1, -0.05) is 0 Å². The first-order valence-electron chi connectivity index (χ1n) is 6.66. The third-order valence-corrected chi connectivity index (χ3v) is 3.38. The number of aromatic nitrogens is 4. The summed E-state index contributed by atoms with van der Waals surface area (Å²) >= 11 is 0. The van der Waals surface area contributed by atoms with Gasteiger partial charge in [-0.05, 0) is 23.6 Å². The number of aromatic amines is 1. The first-order chi connectivity index (χ1) is 10.4. The zero-order valence-electron chi connectivity index (χ0n) is 11.2. The van der Waals surface area contributed by atoms with E-state index in [1.54, 1.807) is 6.20 Å². The van der Waals surface area contributed by atoms with E-state index in [1.807, 2.05) is 18.2 Å². The molecule has 0 spiro atoms. The summed E-state index contributed by atoms with van der Waals surface area (Å²) in [6, 6.07) is 5.89. The molecule has 106 valence electrons. The zero-order chi connectivity index (χ0) is 14.1. The molecule has 2 aromatic heterocycles. The average molecular weight is 283 g/mol. The van der Waals surface area contributed by atoms with Crippen LogP contribution in [-0.2, 0) is 6.42 Å². The van der Waals surface area contributed by atoms with Crippen molar-refractivity contribution < 1.29 is 9.47 Å². The first-order valence-corrected chi connectivity index (χ1v) is 6.66. The number of ether oxygens (including phenoxy) is 2. The van der Waals surface area contributed by atoms with E-state index in [-0.39, 0.29) is 6.79 Å². The normalized spacial score (nSPS) is 12.8. The van der Waals surface area contributed by atoms with Gasteiger partial charge in [0.2, 0.25) is 6.79 Å². The van der Waals surface area contributed by atoms with Gasteiger partial charge >= 0.3 is 0 Å². The Morgan fingerprint density at radius 2 is 2.10 bits per heavy atom. The molecule has 1 aliphatic rings. The van der Waals surface area contributed by atoms with Crippen molar-refractivity contribution in [3.8, 4) is 11.5 Å². The van der Waals surface area contributed by atoms with Crippen molar-refractivity contribution in [3.63, 3.8) is 0 Å². The Kier molecular flexibility index (Phi) is 2.81. The van der Waals surface area contributed by atoms with E-state index in [9.17, 15) is 0 Å². The Balaban J connectivity index is 1.59. The third kappa shape index (κ3) is 2.22. The monoisotopic (exact) mass is 283 g/mol. The Morgan fingerprint density at radius 3 is 2.95 bits per heavy atom. The van der Waals surface area contributed by atoms with Crippen LogP contribution in [-0.4, -0.2) is 33.5 Å². The van der Waals surface area contributed by atoms with Crippen LogP contribution in [0.2, 0.25) is 0 Å². The average Bonchev–Trinajstić information content (AvgIpc) is 3.16. The number of anilines is 1. The van der Waals surface area contributed by atoms with E-state index < -0.39 is 0 Å². The van der Waals surface area contributed by atoms with Crippen molar-refractivity contribution in [2.24, 2.45) is 0 Å². The summed E-state index contributed by atoms with van der Waals surface area (Å²) in [6.45, 7) is 0.989. The van der Waals surface area contributed by atoms with Gasteiger partial charge < -0.3 is 14.8 Å². The number of fused-ring (bicyclic) bond motifs is 2. The molecule has 0 aliphatic carbocycles. The molecule has 3 heterocycles. The van der Waals surface area contributed by atoms with Gasteiger partial charge in [-0.2, -0.15) is 5.10 Å². The molecular formula is C14H13N5O2. The molecule has 0 radical (unpaired) electrons.